The number of benzene rings is 3. The van der Waals surface area contributed by atoms with Crippen LogP contribution in [0.4, 0.5) is 0 Å². The normalized spacial score (nSPS) is 11.6. The van der Waals surface area contributed by atoms with Crippen LogP contribution in [0.5, 0.6) is 0 Å². The van der Waals surface area contributed by atoms with Gasteiger partial charge in [0, 0.05) is 24.5 Å². The molecule has 0 saturated carbocycles. The summed E-state index contributed by atoms with van der Waals surface area (Å²) in [4.78, 5) is 28.3. The molecule has 3 aromatic carbocycles. The fourth-order valence-corrected chi connectivity index (χ4v) is 4.10. The first-order chi connectivity index (χ1) is 15.9. The van der Waals surface area contributed by atoms with E-state index in [9.17, 15) is 9.59 Å². The smallest absolute Gasteiger partial charge is 0.243 e. The van der Waals surface area contributed by atoms with Crippen molar-refractivity contribution >= 4 is 46.6 Å². The average molecular weight is 504 g/mol. The third kappa shape index (κ3) is 6.97. The van der Waals surface area contributed by atoms with Crippen molar-refractivity contribution in [2.24, 2.45) is 0 Å². The molecule has 1 unspecified atom stereocenters. The predicted molar refractivity (Wildman–Crippen MR) is 135 cm³/mol. The maximum Gasteiger partial charge on any atom is 0.243 e. The Morgan fingerprint density at radius 2 is 1.55 bits per heavy atom. The largest absolute Gasteiger partial charge is 0.355 e. The van der Waals surface area contributed by atoms with Crippen molar-refractivity contribution in [3.05, 3.63) is 105 Å². The number of halogens is 3. The minimum absolute atomic E-state index is 0.0754. The minimum atomic E-state index is -0.709. The maximum atomic E-state index is 13.6. The van der Waals surface area contributed by atoms with E-state index in [-0.39, 0.29) is 24.8 Å². The van der Waals surface area contributed by atoms with Crippen LogP contribution in [0.2, 0.25) is 15.1 Å². The molecule has 172 valence electrons. The molecule has 3 aromatic rings. The number of rotatable bonds is 9. The third-order valence-corrected chi connectivity index (χ3v) is 6.37. The molecular formula is C26H25Cl3N2O2. The summed E-state index contributed by atoms with van der Waals surface area (Å²) in [5.41, 5.74) is 2.44. The molecule has 0 radical (unpaired) electrons. The van der Waals surface area contributed by atoms with Crippen LogP contribution in [0, 0.1) is 0 Å². The van der Waals surface area contributed by atoms with E-state index < -0.39 is 6.04 Å². The minimum Gasteiger partial charge on any atom is -0.355 e. The average Bonchev–Trinajstić information content (AvgIpc) is 2.80. The number of hydrogen-bond donors (Lipinski definition) is 1. The van der Waals surface area contributed by atoms with E-state index in [1.165, 1.54) is 0 Å². The fourth-order valence-electron chi connectivity index (χ4n) is 3.58. The second-order valence-electron chi connectivity index (χ2n) is 7.64. The zero-order valence-electron chi connectivity index (χ0n) is 18.2. The SMILES string of the molecule is CCNC(=O)C(Cc1ccccc1)N(Cc1ccccc1Cl)C(=O)Cc1ccc(Cl)c(Cl)c1. The Morgan fingerprint density at radius 1 is 0.848 bits per heavy atom. The van der Waals surface area contributed by atoms with Crippen LogP contribution >= 0.6 is 34.8 Å². The van der Waals surface area contributed by atoms with E-state index in [2.05, 4.69) is 5.32 Å². The number of nitrogens with zero attached hydrogens (tertiary/aromatic N) is 1. The molecule has 0 heterocycles. The predicted octanol–water partition coefficient (Wildman–Crippen LogP) is 5.97. The highest BCUT2D eigenvalue weighted by molar-refractivity contribution is 6.42. The summed E-state index contributed by atoms with van der Waals surface area (Å²) in [6.07, 6.45) is 0.455. The van der Waals surface area contributed by atoms with Gasteiger partial charge < -0.3 is 10.2 Å². The molecule has 0 aliphatic rings. The number of carbonyl (C=O) groups excluding carboxylic acids is 2. The van der Waals surface area contributed by atoms with Gasteiger partial charge in [-0.05, 0) is 41.8 Å². The van der Waals surface area contributed by atoms with Gasteiger partial charge in [0.25, 0.3) is 0 Å². The van der Waals surface area contributed by atoms with Crippen LogP contribution in [-0.2, 0) is 29.0 Å². The zero-order valence-corrected chi connectivity index (χ0v) is 20.5. The Bertz CT molecular complexity index is 1110. The maximum absolute atomic E-state index is 13.6. The van der Waals surface area contributed by atoms with Crippen LogP contribution < -0.4 is 5.32 Å². The molecule has 7 heteroatoms. The van der Waals surface area contributed by atoms with Gasteiger partial charge in [-0.15, -0.1) is 0 Å². The molecule has 0 spiro atoms. The Kier molecular flexibility index (Phi) is 9.19. The molecule has 33 heavy (non-hydrogen) atoms. The third-order valence-electron chi connectivity index (χ3n) is 5.26. The van der Waals surface area contributed by atoms with E-state index >= 15 is 0 Å². The van der Waals surface area contributed by atoms with E-state index in [1.54, 1.807) is 29.2 Å². The van der Waals surface area contributed by atoms with Crippen molar-refractivity contribution in [3.8, 4) is 0 Å². The van der Waals surface area contributed by atoms with Gasteiger partial charge in [0.1, 0.15) is 6.04 Å². The molecule has 3 rings (SSSR count). The van der Waals surface area contributed by atoms with Crippen molar-refractivity contribution in [1.29, 1.82) is 0 Å². The van der Waals surface area contributed by atoms with Crippen LogP contribution in [0.25, 0.3) is 0 Å². The second kappa shape index (κ2) is 12.1. The monoisotopic (exact) mass is 502 g/mol. The molecule has 0 fully saturated rings. The highest BCUT2D eigenvalue weighted by Crippen LogP contribution is 2.25. The molecule has 0 bridgehead atoms. The summed E-state index contributed by atoms with van der Waals surface area (Å²) in [6, 6.07) is 21.4. The van der Waals surface area contributed by atoms with E-state index in [0.717, 1.165) is 11.1 Å². The molecule has 1 N–H and O–H groups in total. The van der Waals surface area contributed by atoms with Gasteiger partial charge in [0.05, 0.1) is 16.5 Å². The summed E-state index contributed by atoms with van der Waals surface area (Å²) in [7, 11) is 0. The van der Waals surface area contributed by atoms with Crippen LogP contribution in [0.15, 0.2) is 72.8 Å². The zero-order chi connectivity index (χ0) is 23.8. The summed E-state index contributed by atoms with van der Waals surface area (Å²) in [5.74, 6) is -0.420. The molecule has 0 aliphatic heterocycles. The van der Waals surface area contributed by atoms with Crippen molar-refractivity contribution in [3.63, 3.8) is 0 Å². The lowest BCUT2D eigenvalue weighted by atomic mass is 10.0. The van der Waals surface area contributed by atoms with Gasteiger partial charge in [-0.2, -0.15) is 0 Å². The molecular weight excluding hydrogens is 479 g/mol. The molecule has 4 nitrogen and oxygen atoms in total. The van der Waals surface area contributed by atoms with Gasteiger partial charge in [0.15, 0.2) is 0 Å². The quantitative estimate of drug-likeness (QED) is 0.391. The van der Waals surface area contributed by atoms with E-state index in [1.807, 2.05) is 55.5 Å². The van der Waals surface area contributed by atoms with Gasteiger partial charge >= 0.3 is 0 Å². The Morgan fingerprint density at radius 3 is 2.21 bits per heavy atom. The second-order valence-corrected chi connectivity index (χ2v) is 8.86. The number of carbonyl (C=O) groups is 2. The van der Waals surface area contributed by atoms with E-state index in [0.29, 0.717) is 33.6 Å². The van der Waals surface area contributed by atoms with Gasteiger partial charge in [-0.3, -0.25) is 9.59 Å². The summed E-state index contributed by atoms with van der Waals surface area (Å²) < 4.78 is 0. The molecule has 0 aromatic heterocycles. The van der Waals surface area contributed by atoms with Crippen molar-refractivity contribution in [2.75, 3.05) is 6.54 Å². The van der Waals surface area contributed by atoms with Crippen molar-refractivity contribution in [1.82, 2.24) is 10.2 Å². The standard InChI is InChI=1S/C26H25Cl3N2O2/c1-2-30-26(33)24(15-18-8-4-3-5-9-18)31(17-20-10-6-7-11-21(20)27)25(32)16-19-12-13-22(28)23(29)14-19/h3-14,24H,2,15-17H2,1H3,(H,30,33). The number of hydrogen-bond acceptors (Lipinski definition) is 2. The van der Waals surface area contributed by atoms with Crippen molar-refractivity contribution in [2.45, 2.75) is 32.4 Å². The van der Waals surface area contributed by atoms with Crippen LogP contribution in [0.3, 0.4) is 0 Å². The van der Waals surface area contributed by atoms with Crippen LogP contribution in [0.1, 0.15) is 23.6 Å². The first-order valence-corrected chi connectivity index (χ1v) is 11.8. The van der Waals surface area contributed by atoms with Gasteiger partial charge in [0.2, 0.25) is 11.8 Å². The molecule has 2 amide bonds. The lowest BCUT2D eigenvalue weighted by Gasteiger charge is -2.32. The Balaban J connectivity index is 1.97. The van der Waals surface area contributed by atoms with Crippen LogP contribution in [-0.4, -0.2) is 29.3 Å². The number of amides is 2. The topological polar surface area (TPSA) is 49.4 Å². The molecule has 1 atom stereocenters. The number of nitrogens with one attached hydrogen (secondary N) is 1. The fraction of sp³-hybridized carbons (Fsp3) is 0.231. The first kappa shape index (κ1) is 25.1. The molecule has 0 saturated heterocycles. The summed E-state index contributed by atoms with van der Waals surface area (Å²) >= 11 is 18.6. The lowest BCUT2D eigenvalue weighted by Crippen LogP contribution is -2.51. The Labute approximate surface area is 209 Å². The number of likely N-dealkylation sites (N-methyl/N-ethyl adjacent to an activating group) is 1. The summed E-state index contributed by atoms with van der Waals surface area (Å²) in [6.45, 7) is 2.52. The summed E-state index contributed by atoms with van der Waals surface area (Å²) in [5, 5.41) is 4.22. The Hall–Kier alpha value is -2.53. The van der Waals surface area contributed by atoms with Gasteiger partial charge in [-0.1, -0.05) is 89.4 Å². The highest BCUT2D eigenvalue weighted by Gasteiger charge is 2.30. The first-order valence-electron chi connectivity index (χ1n) is 10.7. The van der Waals surface area contributed by atoms with Crippen molar-refractivity contribution < 1.29 is 9.59 Å². The van der Waals surface area contributed by atoms with Gasteiger partial charge in [-0.25, -0.2) is 0 Å². The highest BCUT2D eigenvalue weighted by atomic mass is 35.5. The lowest BCUT2D eigenvalue weighted by molar-refractivity contribution is -0.140. The van der Waals surface area contributed by atoms with E-state index in [4.69, 9.17) is 34.8 Å². The molecule has 0 aliphatic carbocycles.